The molecular formula is C19H22BrNO2. The van der Waals surface area contributed by atoms with Gasteiger partial charge in [0.15, 0.2) is 6.61 Å². The van der Waals surface area contributed by atoms with Gasteiger partial charge in [0.25, 0.3) is 5.91 Å². The van der Waals surface area contributed by atoms with Gasteiger partial charge in [-0.25, -0.2) is 0 Å². The number of benzene rings is 2. The van der Waals surface area contributed by atoms with Crippen LogP contribution in [0.1, 0.15) is 36.1 Å². The van der Waals surface area contributed by atoms with Crippen molar-refractivity contribution < 1.29 is 9.53 Å². The minimum atomic E-state index is -0.111. The molecule has 1 amide bonds. The van der Waals surface area contributed by atoms with Gasteiger partial charge in [0.05, 0.1) is 6.04 Å². The fourth-order valence-electron chi connectivity index (χ4n) is 2.53. The highest BCUT2D eigenvalue weighted by molar-refractivity contribution is 9.10. The summed E-state index contributed by atoms with van der Waals surface area (Å²) in [6, 6.07) is 13.8. The van der Waals surface area contributed by atoms with Gasteiger partial charge in [0.2, 0.25) is 0 Å². The molecule has 0 heterocycles. The van der Waals surface area contributed by atoms with E-state index in [9.17, 15) is 4.79 Å². The van der Waals surface area contributed by atoms with E-state index >= 15 is 0 Å². The first-order valence-electron chi connectivity index (χ1n) is 7.74. The van der Waals surface area contributed by atoms with Gasteiger partial charge in [-0.05, 0) is 55.7 Å². The second kappa shape index (κ2) is 8.16. The van der Waals surface area contributed by atoms with Crippen LogP contribution >= 0.6 is 15.9 Å². The lowest BCUT2D eigenvalue weighted by molar-refractivity contribution is -0.123. The van der Waals surface area contributed by atoms with E-state index in [1.165, 1.54) is 11.1 Å². The predicted octanol–water partition coefficient (Wildman–Crippen LogP) is 4.71. The summed E-state index contributed by atoms with van der Waals surface area (Å²) in [5.74, 6) is 0.572. The van der Waals surface area contributed by atoms with Crippen LogP contribution in [0.2, 0.25) is 0 Å². The quantitative estimate of drug-likeness (QED) is 0.793. The Balaban J connectivity index is 1.95. The summed E-state index contributed by atoms with van der Waals surface area (Å²) in [5.41, 5.74) is 3.59. The van der Waals surface area contributed by atoms with Crippen molar-refractivity contribution in [2.75, 3.05) is 6.61 Å². The molecule has 0 fully saturated rings. The minimum Gasteiger partial charge on any atom is -0.484 e. The molecule has 0 bridgehead atoms. The largest absolute Gasteiger partial charge is 0.484 e. The van der Waals surface area contributed by atoms with Gasteiger partial charge in [0.1, 0.15) is 5.75 Å². The van der Waals surface area contributed by atoms with Crippen LogP contribution in [0.4, 0.5) is 0 Å². The highest BCUT2D eigenvalue weighted by Crippen LogP contribution is 2.22. The molecular weight excluding hydrogens is 354 g/mol. The molecule has 122 valence electrons. The zero-order chi connectivity index (χ0) is 16.8. The summed E-state index contributed by atoms with van der Waals surface area (Å²) in [6.07, 6.45) is 0.841. The average molecular weight is 376 g/mol. The van der Waals surface area contributed by atoms with Crippen LogP contribution in [0, 0.1) is 13.8 Å². The first kappa shape index (κ1) is 17.5. The van der Waals surface area contributed by atoms with Gasteiger partial charge >= 0.3 is 0 Å². The van der Waals surface area contributed by atoms with E-state index in [-0.39, 0.29) is 18.6 Å². The summed E-state index contributed by atoms with van der Waals surface area (Å²) in [4.78, 5) is 12.2. The van der Waals surface area contributed by atoms with Crippen LogP contribution < -0.4 is 10.1 Å². The Bertz CT molecular complexity index is 668. The molecule has 2 aromatic carbocycles. The standard InChI is InChI=1S/C19H22BrNO2/c1-4-18(17-10-5-13(2)11-14(17)3)21-19(22)12-23-16-8-6-15(20)7-9-16/h5-11,18H,4,12H2,1-3H3,(H,21,22)/t18-/m1/s1. The molecule has 1 N–H and O–H groups in total. The maximum Gasteiger partial charge on any atom is 0.258 e. The SMILES string of the molecule is CC[C@@H](NC(=O)COc1ccc(Br)cc1)c1ccc(C)cc1C. The maximum atomic E-state index is 12.2. The van der Waals surface area contributed by atoms with Gasteiger partial charge in [0, 0.05) is 4.47 Å². The van der Waals surface area contributed by atoms with Gasteiger partial charge in [-0.2, -0.15) is 0 Å². The molecule has 2 aromatic rings. The van der Waals surface area contributed by atoms with Crippen LogP contribution in [0.15, 0.2) is 46.9 Å². The molecule has 3 nitrogen and oxygen atoms in total. The molecule has 0 aliphatic carbocycles. The lowest BCUT2D eigenvalue weighted by Gasteiger charge is -2.20. The molecule has 0 spiro atoms. The van der Waals surface area contributed by atoms with E-state index in [0.29, 0.717) is 5.75 Å². The molecule has 0 radical (unpaired) electrons. The molecule has 23 heavy (non-hydrogen) atoms. The average Bonchev–Trinajstić information content (AvgIpc) is 2.52. The third-order valence-electron chi connectivity index (χ3n) is 3.73. The molecule has 1 atom stereocenters. The van der Waals surface area contributed by atoms with E-state index in [1.807, 2.05) is 24.3 Å². The summed E-state index contributed by atoms with van der Waals surface area (Å²) < 4.78 is 6.50. The van der Waals surface area contributed by atoms with Gasteiger partial charge in [-0.15, -0.1) is 0 Å². The third kappa shape index (κ3) is 5.10. The Hall–Kier alpha value is -1.81. The van der Waals surface area contributed by atoms with E-state index in [1.54, 1.807) is 0 Å². The minimum absolute atomic E-state index is 0.0108. The lowest BCUT2D eigenvalue weighted by atomic mass is 9.97. The predicted molar refractivity (Wildman–Crippen MR) is 96.7 cm³/mol. The number of ether oxygens (including phenoxy) is 1. The number of hydrogen-bond acceptors (Lipinski definition) is 2. The van der Waals surface area contributed by atoms with Crippen molar-refractivity contribution in [3.8, 4) is 5.75 Å². The van der Waals surface area contributed by atoms with Crippen LogP contribution in [0.3, 0.4) is 0 Å². The summed E-state index contributed by atoms with van der Waals surface area (Å²) in [7, 11) is 0. The fraction of sp³-hybridized carbons (Fsp3) is 0.316. The molecule has 0 saturated heterocycles. The van der Waals surface area contributed by atoms with Gasteiger partial charge in [-0.3, -0.25) is 4.79 Å². The number of aryl methyl sites for hydroxylation is 2. The van der Waals surface area contributed by atoms with Crippen LogP contribution in [-0.2, 0) is 4.79 Å². The van der Waals surface area contributed by atoms with E-state index in [2.05, 4.69) is 60.2 Å². The molecule has 2 rings (SSSR count). The first-order valence-corrected chi connectivity index (χ1v) is 8.53. The van der Waals surface area contributed by atoms with Crippen LogP contribution in [0.25, 0.3) is 0 Å². The maximum absolute atomic E-state index is 12.2. The zero-order valence-corrected chi connectivity index (χ0v) is 15.3. The summed E-state index contributed by atoms with van der Waals surface area (Å²) >= 11 is 3.37. The highest BCUT2D eigenvalue weighted by Gasteiger charge is 2.15. The monoisotopic (exact) mass is 375 g/mol. The number of nitrogens with one attached hydrogen (secondary N) is 1. The van der Waals surface area contributed by atoms with Crippen LogP contribution in [0.5, 0.6) is 5.75 Å². The third-order valence-corrected chi connectivity index (χ3v) is 4.26. The number of hydrogen-bond donors (Lipinski definition) is 1. The van der Waals surface area contributed by atoms with Crippen molar-refractivity contribution in [3.05, 3.63) is 63.6 Å². The Morgan fingerprint density at radius 3 is 2.48 bits per heavy atom. The Kier molecular flexibility index (Phi) is 6.22. The normalized spacial score (nSPS) is 11.8. The lowest BCUT2D eigenvalue weighted by Crippen LogP contribution is -2.32. The van der Waals surface area contributed by atoms with Gasteiger partial charge < -0.3 is 10.1 Å². The van der Waals surface area contributed by atoms with Crippen molar-refractivity contribution in [2.24, 2.45) is 0 Å². The van der Waals surface area contributed by atoms with Crippen molar-refractivity contribution in [1.29, 1.82) is 0 Å². The molecule has 0 saturated carbocycles. The Morgan fingerprint density at radius 2 is 1.87 bits per heavy atom. The number of rotatable bonds is 6. The molecule has 0 unspecified atom stereocenters. The van der Waals surface area contributed by atoms with E-state index in [4.69, 9.17) is 4.74 Å². The molecule has 0 aliphatic heterocycles. The number of carbonyl (C=O) groups excluding carboxylic acids is 1. The van der Waals surface area contributed by atoms with Crippen LogP contribution in [-0.4, -0.2) is 12.5 Å². The number of carbonyl (C=O) groups is 1. The molecule has 0 aliphatic rings. The summed E-state index contributed by atoms with van der Waals surface area (Å²) in [5, 5.41) is 3.05. The number of halogens is 1. The topological polar surface area (TPSA) is 38.3 Å². The smallest absolute Gasteiger partial charge is 0.258 e. The first-order chi connectivity index (χ1) is 11.0. The van der Waals surface area contributed by atoms with E-state index < -0.39 is 0 Å². The zero-order valence-electron chi connectivity index (χ0n) is 13.7. The Labute approximate surface area is 146 Å². The van der Waals surface area contributed by atoms with Gasteiger partial charge in [-0.1, -0.05) is 46.6 Å². The van der Waals surface area contributed by atoms with Crippen molar-refractivity contribution >= 4 is 21.8 Å². The van der Waals surface area contributed by atoms with Crippen molar-refractivity contribution in [3.63, 3.8) is 0 Å². The molecule has 0 aromatic heterocycles. The van der Waals surface area contributed by atoms with Crippen molar-refractivity contribution in [2.45, 2.75) is 33.2 Å². The summed E-state index contributed by atoms with van der Waals surface area (Å²) in [6.45, 7) is 6.24. The van der Waals surface area contributed by atoms with Crippen molar-refractivity contribution in [1.82, 2.24) is 5.32 Å². The number of amides is 1. The fourth-order valence-corrected chi connectivity index (χ4v) is 2.80. The molecule has 4 heteroatoms. The Morgan fingerprint density at radius 1 is 1.17 bits per heavy atom. The highest BCUT2D eigenvalue weighted by atomic mass is 79.9. The van der Waals surface area contributed by atoms with E-state index in [0.717, 1.165) is 16.5 Å². The second-order valence-corrected chi connectivity index (χ2v) is 6.55. The second-order valence-electron chi connectivity index (χ2n) is 5.63.